The second-order valence-corrected chi connectivity index (χ2v) is 14.6. The van der Waals surface area contributed by atoms with E-state index in [2.05, 4.69) is 52.6 Å². The van der Waals surface area contributed by atoms with Crippen molar-refractivity contribution in [2.75, 3.05) is 6.61 Å². The van der Waals surface area contributed by atoms with Gasteiger partial charge in [-0.15, -0.1) is 5.92 Å². The zero-order valence-electron chi connectivity index (χ0n) is 20.0. The summed E-state index contributed by atoms with van der Waals surface area (Å²) in [4.78, 5) is 0. The summed E-state index contributed by atoms with van der Waals surface area (Å²) in [6.45, 7) is 14.2. The summed E-state index contributed by atoms with van der Waals surface area (Å²) in [7, 11) is -1.74. The molecule has 0 radical (unpaired) electrons. The molecule has 0 amide bonds. The highest BCUT2D eigenvalue weighted by molar-refractivity contribution is 6.74. The van der Waals surface area contributed by atoms with Gasteiger partial charge in [0.15, 0.2) is 8.32 Å². The van der Waals surface area contributed by atoms with Crippen LogP contribution in [0, 0.1) is 11.8 Å². The van der Waals surface area contributed by atoms with Gasteiger partial charge in [-0.1, -0.05) is 97.8 Å². The molecular formula is C25H50O2Si. The molecule has 0 aliphatic heterocycles. The molecule has 0 bridgehead atoms. The first-order valence-electron chi connectivity index (χ1n) is 12.0. The summed E-state index contributed by atoms with van der Waals surface area (Å²) in [5, 5.41) is 9.01. The smallest absolute Gasteiger partial charge is 0.193 e. The van der Waals surface area contributed by atoms with Gasteiger partial charge < -0.3 is 9.53 Å². The molecule has 0 heterocycles. The van der Waals surface area contributed by atoms with Crippen LogP contribution in [-0.2, 0) is 4.43 Å². The third kappa shape index (κ3) is 14.7. The maximum absolute atomic E-state index is 8.76. The van der Waals surface area contributed by atoms with Gasteiger partial charge in [-0.05, 0) is 37.4 Å². The van der Waals surface area contributed by atoms with Crippen molar-refractivity contribution in [3.63, 3.8) is 0 Å². The Kier molecular flexibility index (Phi) is 16.3. The minimum atomic E-state index is -1.74. The Bertz CT molecular complexity index is 414. The van der Waals surface area contributed by atoms with Gasteiger partial charge in [0.25, 0.3) is 0 Å². The largest absolute Gasteiger partial charge is 0.403 e. The number of rotatable bonds is 16. The molecule has 1 atom stereocenters. The zero-order valence-corrected chi connectivity index (χ0v) is 21.0. The Morgan fingerprint density at radius 2 is 1.32 bits per heavy atom. The Morgan fingerprint density at radius 3 is 1.79 bits per heavy atom. The highest BCUT2D eigenvalue weighted by Gasteiger charge is 2.38. The van der Waals surface area contributed by atoms with E-state index in [0.717, 1.165) is 19.3 Å². The van der Waals surface area contributed by atoms with Crippen molar-refractivity contribution in [1.82, 2.24) is 0 Å². The molecule has 0 rings (SSSR count). The molecular weight excluding hydrogens is 360 g/mol. The van der Waals surface area contributed by atoms with Gasteiger partial charge in [-0.25, -0.2) is 0 Å². The normalized spacial score (nSPS) is 13.2. The number of hydrogen-bond acceptors (Lipinski definition) is 2. The molecule has 1 N–H and O–H groups in total. The third-order valence-electron chi connectivity index (χ3n) is 6.04. The minimum Gasteiger partial charge on any atom is -0.403 e. The Morgan fingerprint density at radius 1 is 0.821 bits per heavy atom. The molecule has 0 fully saturated rings. The maximum atomic E-state index is 8.76. The number of aliphatic hydroxyl groups excluding tert-OH is 1. The fourth-order valence-corrected chi connectivity index (χ4v) is 4.25. The summed E-state index contributed by atoms with van der Waals surface area (Å²) >= 11 is 0. The van der Waals surface area contributed by atoms with Crippen LogP contribution in [-0.4, -0.2) is 26.1 Å². The Balaban J connectivity index is 3.97. The monoisotopic (exact) mass is 410 g/mol. The SMILES string of the molecule is CCCC[C@H](C#CCCCCCCCCCCCCO)O[Si](C)(C)C(C)(C)C. The molecule has 0 saturated heterocycles. The lowest BCUT2D eigenvalue weighted by molar-refractivity contribution is 0.220. The lowest BCUT2D eigenvalue weighted by Gasteiger charge is -2.38. The fraction of sp³-hybridized carbons (Fsp3) is 0.920. The van der Waals surface area contributed by atoms with Gasteiger partial charge in [0.05, 0.1) is 0 Å². The molecule has 2 nitrogen and oxygen atoms in total. The van der Waals surface area contributed by atoms with E-state index in [4.69, 9.17) is 9.53 Å². The molecule has 0 aliphatic rings. The molecule has 0 aromatic heterocycles. The van der Waals surface area contributed by atoms with Gasteiger partial charge in [0, 0.05) is 13.0 Å². The van der Waals surface area contributed by atoms with Crippen LogP contribution < -0.4 is 0 Å². The van der Waals surface area contributed by atoms with Crippen LogP contribution in [0.4, 0.5) is 0 Å². The number of aliphatic hydroxyl groups is 1. The fourth-order valence-electron chi connectivity index (χ4n) is 3.01. The molecule has 3 heteroatoms. The summed E-state index contributed by atoms with van der Waals surface area (Å²) in [6.07, 6.45) is 17.4. The predicted molar refractivity (Wildman–Crippen MR) is 127 cm³/mol. The Labute approximate surface area is 178 Å². The van der Waals surface area contributed by atoms with E-state index in [-0.39, 0.29) is 11.1 Å². The third-order valence-corrected chi connectivity index (χ3v) is 10.5. The average Bonchev–Trinajstić information content (AvgIpc) is 2.62. The molecule has 0 aromatic carbocycles. The van der Waals surface area contributed by atoms with E-state index in [1.807, 2.05) is 0 Å². The van der Waals surface area contributed by atoms with Crippen LogP contribution >= 0.6 is 0 Å². The van der Waals surface area contributed by atoms with Crippen molar-refractivity contribution in [3.05, 3.63) is 0 Å². The first kappa shape index (κ1) is 27.7. The van der Waals surface area contributed by atoms with Crippen molar-refractivity contribution in [2.24, 2.45) is 0 Å². The van der Waals surface area contributed by atoms with Crippen molar-refractivity contribution >= 4 is 8.32 Å². The zero-order chi connectivity index (χ0) is 21.3. The van der Waals surface area contributed by atoms with E-state index < -0.39 is 8.32 Å². The molecule has 0 aromatic rings. The molecule has 0 spiro atoms. The van der Waals surface area contributed by atoms with Gasteiger partial charge >= 0.3 is 0 Å². The average molecular weight is 411 g/mol. The summed E-state index contributed by atoms with van der Waals surface area (Å²) in [5.74, 6) is 6.89. The van der Waals surface area contributed by atoms with Crippen molar-refractivity contribution in [2.45, 2.75) is 142 Å². The van der Waals surface area contributed by atoms with Crippen LogP contribution in [0.1, 0.15) is 118 Å². The molecule has 0 unspecified atom stereocenters. The molecule has 28 heavy (non-hydrogen) atoms. The summed E-state index contributed by atoms with van der Waals surface area (Å²) in [5.41, 5.74) is 0. The van der Waals surface area contributed by atoms with E-state index >= 15 is 0 Å². The van der Waals surface area contributed by atoms with Crippen molar-refractivity contribution in [1.29, 1.82) is 0 Å². The standard InChI is InChI=1S/C25H50O2Si/c1-7-8-21-24(27-28(5,6)25(2,3)4)22-19-17-15-13-11-9-10-12-14-16-18-20-23-26/h24,26H,7-18,20-21,23H2,1-6H3/t24-/m1/s1. The van der Waals surface area contributed by atoms with Crippen LogP contribution in [0.25, 0.3) is 0 Å². The van der Waals surface area contributed by atoms with Gasteiger partial charge in [-0.2, -0.15) is 0 Å². The number of hydrogen-bond donors (Lipinski definition) is 1. The van der Waals surface area contributed by atoms with Crippen molar-refractivity contribution < 1.29 is 9.53 Å². The number of unbranched alkanes of at least 4 members (excludes halogenated alkanes) is 11. The second kappa shape index (κ2) is 16.5. The lowest BCUT2D eigenvalue weighted by atomic mass is 10.1. The van der Waals surface area contributed by atoms with Gasteiger partial charge in [0.2, 0.25) is 0 Å². The first-order chi connectivity index (χ1) is 13.2. The van der Waals surface area contributed by atoms with E-state index in [1.165, 1.54) is 70.6 Å². The molecule has 166 valence electrons. The first-order valence-corrected chi connectivity index (χ1v) is 14.9. The lowest BCUT2D eigenvalue weighted by Crippen LogP contribution is -2.43. The second-order valence-electron chi connectivity index (χ2n) is 9.84. The van der Waals surface area contributed by atoms with Gasteiger partial charge in [0.1, 0.15) is 6.10 Å². The topological polar surface area (TPSA) is 29.5 Å². The quantitative estimate of drug-likeness (QED) is 0.159. The minimum absolute atomic E-state index is 0.131. The highest BCUT2D eigenvalue weighted by Crippen LogP contribution is 2.37. The summed E-state index contributed by atoms with van der Waals surface area (Å²) < 4.78 is 6.56. The molecule has 0 aliphatic carbocycles. The van der Waals surface area contributed by atoms with E-state index in [0.29, 0.717) is 6.61 Å². The van der Waals surface area contributed by atoms with Crippen LogP contribution in [0.15, 0.2) is 0 Å². The van der Waals surface area contributed by atoms with Crippen molar-refractivity contribution in [3.8, 4) is 11.8 Å². The molecule has 0 saturated carbocycles. The summed E-state index contributed by atoms with van der Waals surface area (Å²) in [6, 6.07) is 0. The van der Waals surface area contributed by atoms with Crippen LogP contribution in [0.3, 0.4) is 0 Å². The van der Waals surface area contributed by atoms with E-state index in [1.54, 1.807) is 0 Å². The predicted octanol–water partition coefficient (Wildman–Crippen LogP) is 7.85. The highest BCUT2D eigenvalue weighted by atomic mass is 28.4. The van der Waals surface area contributed by atoms with Crippen LogP contribution in [0.2, 0.25) is 18.1 Å². The van der Waals surface area contributed by atoms with Gasteiger partial charge in [-0.3, -0.25) is 0 Å². The Hall–Kier alpha value is -0.303. The van der Waals surface area contributed by atoms with Crippen LogP contribution in [0.5, 0.6) is 0 Å². The van der Waals surface area contributed by atoms with E-state index in [9.17, 15) is 0 Å². The maximum Gasteiger partial charge on any atom is 0.193 e.